The summed E-state index contributed by atoms with van der Waals surface area (Å²) in [4.78, 5) is 8.36. The smallest absolute Gasteiger partial charge is 0.218 e. The van der Waals surface area contributed by atoms with Gasteiger partial charge in [-0.3, -0.25) is 0 Å². The van der Waals surface area contributed by atoms with Crippen LogP contribution < -0.4 is 10.1 Å². The molecule has 1 N–H and O–H groups in total. The first kappa shape index (κ1) is 13.5. The summed E-state index contributed by atoms with van der Waals surface area (Å²) in [5.41, 5.74) is 0. The highest BCUT2D eigenvalue weighted by Crippen LogP contribution is 2.30. The maximum Gasteiger partial charge on any atom is 0.218 e. The van der Waals surface area contributed by atoms with Crippen molar-refractivity contribution in [3.05, 3.63) is 12.4 Å². The number of thioether (sulfide) groups is 1. The highest BCUT2D eigenvalue weighted by atomic mass is 32.2. The molecule has 0 saturated heterocycles. The van der Waals surface area contributed by atoms with Crippen LogP contribution in [-0.4, -0.2) is 33.6 Å². The Balaban J connectivity index is 1.93. The van der Waals surface area contributed by atoms with Gasteiger partial charge in [0.2, 0.25) is 5.88 Å². The Labute approximate surface area is 113 Å². The van der Waals surface area contributed by atoms with Gasteiger partial charge in [0.25, 0.3) is 0 Å². The minimum absolute atomic E-state index is 0.139. The van der Waals surface area contributed by atoms with Crippen molar-refractivity contribution in [2.45, 2.75) is 50.5 Å². The van der Waals surface area contributed by atoms with Crippen molar-refractivity contribution in [2.75, 3.05) is 11.6 Å². The molecule has 0 aromatic carbocycles. The van der Waals surface area contributed by atoms with Crippen LogP contribution in [0, 0.1) is 0 Å². The van der Waals surface area contributed by atoms with Gasteiger partial charge in [0.05, 0.1) is 6.10 Å². The van der Waals surface area contributed by atoms with Gasteiger partial charge in [-0.2, -0.15) is 11.8 Å². The Kier molecular flexibility index (Phi) is 4.69. The molecule has 1 fully saturated rings. The lowest BCUT2D eigenvalue weighted by molar-refractivity contribution is 0.232. The highest BCUT2D eigenvalue weighted by Gasteiger charge is 2.24. The van der Waals surface area contributed by atoms with E-state index in [1.165, 1.54) is 19.3 Å². The van der Waals surface area contributed by atoms with E-state index < -0.39 is 0 Å². The predicted molar refractivity (Wildman–Crippen MR) is 76.4 cm³/mol. The van der Waals surface area contributed by atoms with Crippen LogP contribution in [0.15, 0.2) is 12.4 Å². The average Bonchev–Trinajstić information content (AvgIpc) is 2.76. The van der Waals surface area contributed by atoms with Gasteiger partial charge in [0.15, 0.2) is 0 Å². The van der Waals surface area contributed by atoms with Crippen molar-refractivity contribution in [1.29, 1.82) is 0 Å². The number of rotatable bonds is 5. The topological polar surface area (TPSA) is 47.0 Å². The Bertz CT molecular complexity index is 386. The summed E-state index contributed by atoms with van der Waals surface area (Å²) >= 11 is 1.96. The van der Waals surface area contributed by atoms with Crippen molar-refractivity contribution in [1.82, 2.24) is 9.97 Å². The van der Waals surface area contributed by atoms with Crippen LogP contribution in [0.5, 0.6) is 5.88 Å². The molecule has 2 unspecified atom stereocenters. The number of hydrogen-bond donors (Lipinski definition) is 1. The normalized spacial score (nSPS) is 23.3. The van der Waals surface area contributed by atoms with Crippen LogP contribution in [-0.2, 0) is 0 Å². The predicted octanol–water partition coefficient (Wildman–Crippen LogP) is 2.96. The summed E-state index contributed by atoms with van der Waals surface area (Å²) in [5.74, 6) is 1.51. The second kappa shape index (κ2) is 6.27. The minimum atomic E-state index is 0.139. The number of ether oxygens (including phenoxy) is 1. The van der Waals surface area contributed by atoms with Crippen LogP contribution in [0.25, 0.3) is 0 Å². The molecule has 2 rings (SSSR count). The first-order valence-electron chi connectivity index (χ1n) is 6.45. The van der Waals surface area contributed by atoms with E-state index in [9.17, 15) is 0 Å². The van der Waals surface area contributed by atoms with Crippen LogP contribution >= 0.6 is 11.8 Å². The van der Waals surface area contributed by atoms with Gasteiger partial charge in [-0.05, 0) is 39.4 Å². The lowest BCUT2D eigenvalue weighted by Crippen LogP contribution is -2.17. The zero-order valence-corrected chi connectivity index (χ0v) is 12.0. The molecule has 1 heterocycles. The van der Waals surface area contributed by atoms with Gasteiger partial charge in [-0.1, -0.05) is 0 Å². The van der Waals surface area contributed by atoms with E-state index in [4.69, 9.17) is 4.74 Å². The lowest BCUT2D eigenvalue weighted by atomic mass is 10.2. The van der Waals surface area contributed by atoms with E-state index in [0.29, 0.717) is 11.9 Å². The Morgan fingerprint density at radius 3 is 2.89 bits per heavy atom. The van der Waals surface area contributed by atoms with E-state index in [2.05, 4.69) is 21.5 Å². The van der Waals surface area contributed by atoms with E-state index in [-0.39, 0.29) is 6.10 Å². The zero-order chi connectivity index (χ0) is 13.0. The molecular formula is C13H21N3OS. The van der Waals surface area contributed by atoms with Crippen molar-refractivity contribution in [3.8, 4) is 5.88 Å². The molecule has 100 valence electrons. The van der Waals surface area contributed by atoms with Gasteiger partial charge in [0, 0.05) is 17.4 Å². The maximum atomic E-state index is 5.57. The maximum absolute atomic E-state index is 5.57. The van der Waals surface area contributed by atoms with Crippen LogP contribution in [0.4, 0.5) is 5.82 Å². The monoisotopic (exact) mass is 267 g/mol. The Morgan fingerprint density at radius 2 is 2.22 bits per heavy atom. The quantitative estimate of drug-likeness (QED) is 0.888. The van der Waals surface area contributed by atoms with Crippen LogP contribution in [0.1, 0.15) is 33.1 Å². The van der Waals surface area contributed by atoms with Gasteiger partial charge >= 0.3 is 0 Å². The first-order valence-corrected chi connectivity index (χ1v) is 7.74. The molecule has 1 saturated carbocycles. The molecule has 1 aliphatic rings. The average molecular weight is 267 g/mol. The molecule has 0 bridgehead atoms. The van der Waals surface area contributed by atoms with E-state index in [0.717, 1.165) is 11.1 Å². The summed E-state index contributed by atoms with van der Waals surface area (Å²) in [6.07, 6.45) is 7.61. The SMILES string of the molecule is CSC1CCC(Nc2cc(OC(C)C)ncn2)C1. The number of nitrogens with one attached hydrogen (secondary N) is 1. The standard InChI is InChI=1S/C13H21N3OS/c1-9(2)17-13-7-12(14-8-15-13)16-10-4-5-11(6-10)18-3/h7-11H,4-6H2,1-3H3,(H,14,15,16). The lowest BCUT2D eigenvalue weighted by Gasteiger charge is -2.14. The van der Waals surface area contributed by atoms with E-state index >= 15 is 0 Å². The molecule has 2 atom stereocenters. The van der Waals surface area contributed by atoms with E-state index in [1.807, 2.05) is 31.7 Å². The molecule has 1 aliphatic carbocycles. The third kappa shape index (κ3) is 3.77. The zero-order valence-electron chi connectivity index (χ0n) is 11.2. The number of anilines is 1. The number of hydrogen-bond acceptors (Lipinski definition) is 5. The first-order chi connectivity index (χ1) is 8.67. The van der Waals surface area contributed by atoms with Crippen LogP contribution in [0.3, 0.4) is 0 Å². The van der Waals surface area contributed by atoms with Crippen molar-refractivity contribution >= 4 is 17.6 Å². The molecule has 0 amide bonds. The second-order valence-electron chi connectivity index (χ2n) is 4.92. The molecular weight excluding hydrogens is 246 g/mol. The van der Waals surface area contributed by atoms with Crippen molar-refractivity contribution in [3.63, 3.8) is 0 Å². The molecule has 5 heteroatoms. The molecule has 4 nitrogen and oxygen atoms in total. The van der Waals surface area contributed by atoms with Gasteiger partial charge in [-0.25, -0.2) is 9.97 Å². The van der Waals surface area contributed by atoms with Gasteiger partial charge in [0.1, 0.15) is 12.1 Å². The van der Waals surface area contributed by atoms with E-state index in [1.54, 1.807) is 6.33 Å². The summed E-state index contributed by atoms with van der Waals surface area (Å²) in [7, 11) is 0. The van der Waals surface area contributed by atoms with Crippen LogP contribution in [0.2, 0.25) is 0 Å². The summed E-state index contributed by atoms with van der Waals surface area (Å²) in [5, 5.41) is 4.26. The Hall–Kier alpha value is -0.970. The molecule has 18 heavy (non-hydrogen) atoms. The minimum Gasteiger partial charge on any atom is -0.475 e. The fourth-order valence-corrected chi connectivity index (χ4v) is 3.02. The highest BCUT2D eigenvalue weighted by molar-refractivity contribution is 7.99. The third-order valence-electron chi connectivity index (χ3n) is 3.07. The fourth-order valence-electron chi connectivity index (χ4n) is 2.22. The summed E-state index contributed by atoms with van der Waals surface area (Å²) in [6.45, 7) is 3.99. The fraction of sp³-hybridized carbons (Fsp3) is 0.692. The molecule has 0 radical (unpaired) electrons. The molecule has 1 aromatic heterocycles. The molecule has 0 spiro atoms. The third-order valence-corrected chi connectivity index (χ3v) is 4.16. The van der Waals surface area contributed by atoms with Crippen molar-refractivity contribution < 1.29 is 4.74 Å². The van der Waals surface area contributed by atoms with Crippen molar-refractivity contribution in [2.24, 2.45) is 0 Å². The molecule has 1 aromatic rings. The second-order valence-corrected chi connectivity index (χ2v) is 6.06. The van der Waals surface area contributed by atoms with Gasteiger partial charge in [-0.15, -0.1) is 0 Å². The summed E-state index contributed by atoms with van der Waals surface area (Å²) in [6, 6.07) is 2.41. The largest absolute Gasteiger partial charge is 0.475 e. The summed E-state index contributed by atoms with van der Waals surface area (Å²) < 4.78 is 5.57. The number of aromatic nitrogens is 2. The van der Waals surface area contributed by atoms with Gasteiger partial charge < -0.3 is 10.1 Å². The Morgan fingerprint density at radius 1 is 1.39 bits per heavy atom. The number of nitrogens with zero attached hydrogens (tertiary/aromatic N) is 2. The molecule has 0 aliphatic heterocycles.